The Labute approximate surface area is 164 Å². The molecule has 0 spiro atoms. The van der Waals surface area contributed by atoms with Crippen LogP contribution in [0.15, 0.2) is 24.3 Å². The van der Waals surface area contributed by atoms with Crippen molar-refractivity contribution in [3.05, 3.63) is 35.4 Å². The van der Waals surface area contributed by atoms with Gasteiger partial charge in [0.2, 0.25) is 5.91 Å². The molecule has 2 heterocycles. The normalized spacial score (nSPS) is 18.5. The number of carbonyl (C=O) groups is 1. The maximum absolute atomic E-state index is 12.9. The third-order valence-electron chi connectivity index (χ3n) is 5.97. The lowest BCUT2D eigenvalue weighted by atomic mass is 10.00. The summed E-state index contributed by atoms with van der Waals surface area (Å²) in [5.41, 5.74) is 2.97. The first-order valence-electron chi connectivity index (χ1n) is 10.8. The predicted molar refractivity (Wildman–Crippen MR) is 110 cm³/mol. The maximum Gasteiger partial charge on any atom is 0.222 e. The van der Waals surface area contributed by atoms with Gasteiger partial charge in [-0.2, -0.15) is 0 Å². The number of rotatable bonds is 8. The van der Waals surface area contributed by atoms with E-state index in [1.165, 1.54) is 11.1 Å². The van der Waals surface area contributed by atoms with Crippen molar-refractivity contribution in [2.45, 2.75) is 65.0 Å². The standard InChI is InChI=1S/C23H36N2O2/c1-19(2)8-9-23(26)25(22-11-16-27-17-12-22)14-5-13-24-15-10-20-6-3-4-7-21(20)18-24/h3-4,6-7,19,22H,5,8-18H2,1-2H3. The Morgan fingerprint density at radius 1 is 1.22 bits per heavy atom. The summed E-state index contributed by atoms with van der Waals surface area (Å²) < 4.78 is 5.51. The van der Waals surface area contributed by atoms with Crippen LogP contribution in [0.1, 0.15) is 57.1 Å². The van der Waals surface area contributed by atoms with Gasteiger partial charge in [-0.05, 0) is 49.1 Å². The topological polar surface area (TPSA) is 32.8 Å². The Kier molecular flexibility index (Phi) is 7.71. The SMILES string of the molecule is CC(C)CCC(=O)N(CCCN1CCc2ccccc2C1)C1CCOCC1. The molecule has 2 aliphatic rings. The summed E-state index contributed by atoms with van der Waals surface area (Å²) in [5, 5.41) is 0. The van der Waals surface area contributed by atoms with Crippen molar-refractivity contribution < 1.29 is 9.53 Å². The fraction of sp³-hybridized carbons (Fsp3) is 0.696. The maximum atomic E-state index is 12.9. The molecule has 4 heteroatoms. The van der Waals surface area contributed by atoms with E-state index in [1.54, 1.807) is 0 Å². The zero-order chi connectivity index (χ0) is 19.1. The van der Waals surface area contributed by atoms with Crippen LogP contribution in [0.25, 0.3) is 0 Å². The van der Waals surface area contributed by atoms with Crippen molar-refractivity contribution in [1.82, 2.24) is 9.80 Å². The molecule has 1 amide bonds. The second-order valence-corrected chi connectivity index (χ2v) is 8.51. The third kappa shape index (κ3) is 6.05. The quantitative estimate of drug-likeness (QED) is 0.694. The fourth-order valence-electron chi connectivity index (χ4n) is 4.27. The molecule has 1 fully saturated rings. The van der Waals surface area contributed by atoms with Crippen LogP contribution < -0.4 is 0 Å². The molecule has 0 aromatic heterocycles. The van der Waals surface area contributed by atoms with E-state index in [1.807, 2.05) is 0 Å². The van der Waals surface area contributed by atoms with Crippen molar-refractivity contribution in [2.75, 3.05) is 32.8 Å². The summed E-state index contributed by atoms with van der Waals surface area (Å²) in [6, 6.07) is 9.17. The van der Waals surface area contributed by atoms with E-state index in [0.717, 1.165) is 71.5 Å². The second kappa shape index (κ2) is 10.2. The van der Waals surface area contributed by atoms with Gasteiger partial charge in [-0.1, -0.05) is 38.1 Å². The van der Waals surface area contributed by atoms with Crippen LogP contribution in [-0.2, 0) is 22.5 Å². The van der Waals surface area contributed by atoms with E-state index in [-0.39, 0.29) is 0 Å². The summed E-state index contributed by atoms with van der Waals surface area (Å²) in [7, 11) is 0. The van der Waals surface area contributed by atoms with Crippen LogP contribution in [0, 0.1) is 5.92 Å². The number of ether oxygens (including phenoxy) is 1. The number of hydrogen-bond donors (Lipinski definition) is 0. The van der Waals surface area contributed by atoms with Gasteiger partial charge >= 0.3 is 0 Å². The monoisotopic (exact) mass is 372 g/mol. The minimum atomic E-state index is 0.347. The molecule has 0 radical (unpaired) electrons. The number of amides is 1. The number of hydrogen-bond acceptors (Lipinski definition) is 3. The molecule has 0 N–H and O–H groups in total. The number of carbonyl (C=O) groups excluding carboxylic acids is 1. The van der Waals surface area contributed by atoms with Crippen molar-refractivity contribution >= 4 is 5.91 Å². The number of nitrogens with zero attached hydrogens (tertiary/aromatic N) is 2. The smallest absolute Gasteiger partial charge is 0.222 e. The van der Waals surface area contributed by atoms with Crippen LogP contribution in [0.3, 0.4) is 0 Å². The van der Waals surface area contributed by atoms with Gasteiger partial charge < -0.3 is 9.64 Å². The molecule has 150 valence electrons. The van der Waals surface area contributed by atoms with Gasteiger partial charge in [-0.3, -0.25) is 9.69 Å². The lowest BCUT2D eigenvalue weighted by Crippen LogP contribution is -2.45. The van der Waals surface area contributed by atoms with Crippen molar-refractivity contribution in [1.29, 1.82) is 0 Å². The fourth-order valence-corrected chi connectivity index (χ4v) is 4.27. The highest BCUT2D eigenvalue weighted by atomic mass is 16.5. The van der Waals surface area contributed by atoms with Crippen molar-refractivity contribution in [3.8, 4) is 0 Å². The summed E-state index contributed by atoms with van der Waals surface area (Å²) >= 11 is 0. The number of benzene rings is 1. The summed E-state index contributed by atoms with van der Waals surface area (Å²) in [5.74, 6) is 0.929. The van der Waals surface area contributed by atoms with E-state index < -0.39 is 0 Å². The van der Waals surface area contributed by atoms with Gasteiger partial charge in [0.15, 0.2) is 0 Å². The van der Waals surface area contributed by atoms with Crippen LogP contribution >= 0.6 is 0 Å². The molecule has 1 aromatic carbocycles. The number of fused-ring (bicyclic) bond motifs is 1. The molecule has 1 saturated heterocycles. The predicted octanol–water partition coefficient (Wildman–Crippen LogP) is 3.88. The molecule has 27 heavy (non-hydrogen) atoms. The molecule has 4 nitrogen and oxygen atoms in total. The third-order valence-corrected chi connectivity index (χ3v) is 5.97. The lowest BCUT2D eigenvalue weighted by molar-refractivity contribution is -0.135. The molecular weight excluding hydrogens is 336 g/mol. The van der Waals surface area contributed by atoms with Crippen LogP contribution in [0.5, 0.6) is 0 Å². The van der Waals surface area contributed by atoms with Crippen LogP contribution in [-0.4, -0.2) is 54.6 Å². The van der Waals surface area contributed by atoms with Crippen LogP contribution in [0.2, 0.25) is 0 Å². The highest BCUT2D eigenvalue weighted by Crippen LogP contribution is 2.20. The molecular formula is C23H36N2O2. The Balaban J connectivity index is 1.50. The van der Waals surface area contributed by atoms with E-state index in [4.69, 9.17) is 4.74 Å². The minimum absolute atomic E-state index is 0.347. The Bertz CT molecular complexity index is 596. The first kappa shape index (κ1) is 20.3. The summed E-state index contributed by atoms with van der Waals surface area (Å²) in [6.45, 7) is 10.1. The van der Waals surface area contributed by atoms with Gasteiger partial charge in [0.25, 0.3) is 0 Å². The highest BCUT2D eigenvalue weighted by molar-refractivity contribution is 5.76. The molecule has 0 unspecified atom stereocenters. The lowest BCUT2D eigenvalue weighted by Gasteiger charge is -2.35. The Morgan fingerprint density at radius 2 is 1.96 bits per heavy atom. The Hall–Kier alpha value is -1.39. The van der Waals surface area contributed by atoms with Gasteiger partial charge in [0, 0.05) is 51.9 Å². The second-order valence-electron chi connectivity index (χ2n) is 8.51. The van der Waals surface area contributed by atoms with Gasteiger partial charge in [0.1, 0.15) is 0 Å². The molecule has 1 aromatic rings. The zero-order valence-electron chi connectivity index (χ0n) is 17.2. The summed E-state index contributed by atoms with van der Waals surface area (Å²) in [6.07, 6.45) is 5.86. The molecule has 0 bridgehead atoms. The zero-order valence-corrected chi connectivity index (χ0v) is 17.2. The summed E-state index contributed by atoms with van der Waals surface area (Å²) in [4.78, 5) is 17.6. The van der Waals surface area contributed by atoms with E-state index in [2.05, 4.69) is 47.9 Å². The van der Waals surface area contributed by atoms with E-state index in [0.29, 0.717) is 24.3 Å². The van der Waals surface area contributed by atoms with Crippen LogP contribution in [0.4, 0.5) is 0 Å². The van der Waals surface area contributed by atoms with Gasteiger partial charge in [0.05, 0.1) is 0 Å². The molecule has 0 atom stereocenters. The van der Waals surface area contributed by atoms with Gasteiger partial charge in [-0.25, -0.2) is 0 Å². The van der Waals surface area contributed by atoms with E-state index in [9.17, 15) is 4.79 Å². The average molecular weight is 373 g/mol. The highest BCUT2D eigenvalue weighted by Gasteiger charge is 2.25. The Morgan fingerprint density at radius 3 is 2.70 bits per heavy atom. The van der Waals surface area contributed by atoms with Crippen molar-refractivity contribution in [3.63, 3.8) is 0 Å². The first-order chi connectivity index (χ1) is 13.1. The van der Waals surface area contributed by atoms with Crippen molar-refractivity contribution in [2.24, 2.45) is 5.92 Å². The molecule has 0 aliphatic carbocycles. The van der Waals surface area contributed by atoms with Gasteiger partial charge in [-0.15, -0.1) is 0 Å². The molecule has 2 aliphatic heterocycles. The van der Waals surface area contributed by atoms with E-state index >= 15 is 0 Å². The molecule has 3 rings (SSSR count). The largest absolute Gasteiger partial charge is 0.381 e. The minimum Gasteiger partial charge on any atom is -0.381 e. The first-order valence-corrected chi connectivity index (χ1v) is 10.8. The molecule has 0 saturated carbocycles. The average Bonchev–Trinajstić information content (AvgIpc) is 2.70.